The molecular formula is C12H17N3O2. The maximum absolute atomic E-state index is 11.1. The van der Waals surface area contributed by atoms with Crippen LogP contribution in [0.25, 0.3) is 0 Å². The van der Waals surface area contributed by atoms with Crippen molar-refractivity contribution in [3.05, 3.63) is 18.1 Å². The second-order valence-electron chi connectivity index (χ2n) is 4.72. The van der Waals surface area contributed by atoms with E-state index in [9.17, 15) is 4.79 Å². The van der Waals surface area contributed by atoms with Gasteiger partial charge in [0.15, 0.2) is 11.5 Å². The van der Waals surface area contributed by atoms with Crippen LogP contribution in [0.5, 0.6) is 0 Å². The van der Waals surface area contributed by atoms with E-state index in [0.717, 1.165) is 13.0 Å². The molecule has 1 saturated heterocycles. The summed E-state index contributed by atoms with van der Waals surface area (Å²) in [5.41, 5.74) is 0.0495. The third kappa shape index (κ3) is 2.38. The Bertz CT molecular complexity index is 422. The molecule has 2 heterocycles. The first-order valence-corrected chi connectivity index (χ1v) is 5.90. The first-order chi connectivity index (χ1) is 8.09. The summed E-state index contributed by atoms with van der Waals surface area (Å²) in [4.78, 5) is 21.3. The molecule has 1 aromatic rings. The van der Waals surface area contributed by atoms with Crippen molar-refractivity contribution >= 4 is 11.8 Å². The first-order valence-electron chi connectivity index (χ1n) is 5.90. The van der Waals surface area contributed by atoms with Gasteiger partial charge in [-0.2, -0.15) is 0 Å². The largest absolute Gasteiger partial charge is 0.476 e. The minimum Gasteiger partial charge on any atom is -0.476 e. The van der Waals surface area contributed by atoms with Crippen molar-refractivity contribution < 1.29 is 9.90 Å². The van der Waals surface area contributed by atoms with Gasteiger partial charge in [0, 0.05) is 25.0 Å². The Labute approximate surface area is 100 Å². The van der Waals surface area contributed by atoms with Crippen LogP contribution in [0.4, 0.5) is 5.82 Å². The number of carbonyl (C=O) groups is 1. The van der Waals surface area contributed by atoms with Gasteiger partial charge < -0.3 is 10.0 Å². The molecule has 1 aromatic heterocycles. The van der Waals surface area contributed by atoms with E-state index in [1.165, 1.54) is 12.6 Å². The van der Waals surface area contributed by atoms with Crippen LogP contribution in [-0.2, 0) is 0 Å². The van der Waals surface area contributed by atoms with Crippen molar-refractivity contribution in [3.63, 3.8) is 0 Å². The van der Waals surface area contributed by atoms with Gasteiger partial charge in [0.25, 0.3) is 0 Å². The maximum atomic E-state index is 11.1. The summed E-state index contributed by atoms with van der Waals surface area (Å²) in [5, 5.41) is 9.12. The lowest BCUT2D eigenvalue weighted by molar-refractivity contribution is 0.0690. The maximum Gasteiger partial charge on any atom is 0.358 e. The van der Waals surface area contributed by atoms with Gasteiger partial charge in [-0.05, 0) is 25.7 Å². The zero-order chi connectivity index (χ0) is 12.4. The second-order valence-corrected chi connectivity index (χ2v) is 4.72. The Balaban J connectivity index is 2.35. The number of hydrogen-bond acceptors (Lipinski definition) is 4. The summed E-state index contributed by atoms with van der Waals surface area (Å²) >= 11 is 0. The number of rotatable bonds is 2. The number of aromatic nitrogens is 2. The number of hydrogen-bond donors (Lipinski definition) is 1. The lowest BCUT2D eigenvalue weighted by Crippen LogP contribution is -2.42. The minimum atomic E-state index is -1.02. The van der Waals surface area contributed by atoms with Gasteiger partial charge in [0.2, 0.25) is 0 Å². The van der Waals surface area contributed by atoms with Crippen molar-refractivity contribution in [2.24, 2.45) is 5.92 Å². The van der Waals surface area contributed by atoms with Crippen LogP contribution in [0.15, 0.2) is 12.4 Å². The summed E-state index contributed by atoms with van der Waals surface area (Å²) in [7, 11) is 0. The molecule has 17 heavy (non-hydrogen) atoms. The Kier molecular flexibility index (Phi) is 3.26. The fourth-order valence-corrected chi connectivity index (χ4v) is 2.28. The highest BCUT2D eigenvalue weighted by molar-refractivity contribution is 5.91. The molecule has 2 rings (SSSR count). The minimum absolute atomic E-state index is 0.0495. The predicted molar refractivity (Wildman–Crippen MR) is 64.2 cm³/mol. The van der Waals surface area contributed by atoms with E-state index < -0.39 is 5.97 Å². The Morgan fingerprint density at radius 3 is 2.76 bits per heavy atom. The molecule has 2 atom stereocenters. The lowest BCUT2D eigenvalue weighted by Gasteiger charge is -2.37. The summed E-state index contributed by atoms with van der Waals surface area (Å²) in [6.45, 7) is 5.13. The third-order valence-electron chi connectivity index (χ3n) is 3.27. The fraction of sp³-hybridized carbons (Fsp3) is 0.583. The number of carboxylic acid groups (broad SMARTS) is 1. The number of piperidine rings is 1. The SMILES string of the molecule is CC1CCC(C)N(c2nccnc2C(=O)O)C1. The van der Waals surface area contributed by atoms with E-state index in [-0.39, 0.29) is 5.69 Å². The third-order valence-corrected chi connectivity index (χ3v) is 3.27. The summed E-state index contributed by atoms with van der Waals surface area (Å²) in [5.74, 6) is 0.0485. The van der Waals surface area contributed by atoms with E-state index in [4.69, 9.17) is 5.11 Å². The average molecular weight is 235 g/mol. The van der Waals surface area contributed by atoms with Crippen molar-refractivity contribution in [2.75, 3.05) is 11.4 Å². The van der Waals surface area contributed by atoms with Gasteiger partial charge in [0.1, 0.15) is 0 Å². The molecular weight excluding hydrogens is 218 g/mol. The molecule has 5 nitrogen and oxygen atoms in total. The molecule has 5 heteroatoms. The van der Waals surface area contributed by atoms with Gasteiger partial charge in [-0.1, -0.05) is 6.92 Å². The number of carboxylic acids is 1. The number of anilines is 1. The number of aromatic carboxylic acids is 1. The molecule has 0 spiro atoms. The van der Waals surface area contributed by atoms with Crippen LogP contribution >= 0.6 is 0 Å². The zero-order valence-corrected chi connectivity index (χ0v) is 10.1. The summed E-state index contributed by atoms with van der Waals surface area (Å²) < 4.78 is 0. The van der Waals surface area contributed by atoms with Crippen LogP contribution < -0.4 is 4.90 Å². The monoisotopic (exact) mass is 235 g/mol. The standard InChI is InChI=1S/C12H17N3O2/c1-8-3-4-9(2)15(7-8)11-10(12(16)17)13-5-6-14-11/h5-6,8-9H,3-4,7H2,1-2H3,(H,16,17). The normalized spacial score (nSPS) is 24.7. The van der Waals surface area contributed by atoms with Crippen LogP contribution in [0.1, 0.15) is 37.2 Å². The lowest BCUT2D eigenvalue weighted by atomic mass is 9.95. The van der Waals surface area contributed by atoms with Crippen LogP contribution in [0.3, 0.4) is 0 Å². The molecule has 0 bridgehead atoms. The molecule has 1 fully saturated rings. The molecule has 0 aliphatic carbocycles. The Morgan fingerprint density at radius 2 is 2.06 bits per heavy atom. The molecule has 1 aliphatic rings. The molecule has 1 N–H and O–H groups in total. The van der Waals surface area contributed by atoms with E-state index in [0.29, 0.717) is 17.8 Å². The second kappa shape index (κ2) is 4.69. The highest BCUT2D eigenvalue weighted by atomic mass is 16.4. The van der Waals surface area contributed by atoms with E-state index in [2.05, 4.69) is 28.7 Å². The summed E-state index contributed by atoms with van der Waals surface area (Å²) in [6.07, 6.45) is 5.22. The van der Waals surface area contributed by atoms with Crippen molar-refractivity contribution in [1.82, 2.24) is 9.97 Å². The fourth-order valence-electron chi connectivity index (χ4n) is 2.28. The highest BCUT2D eigenvalue weighted by Gasteiger charge is 2.27. The summed E-state index contributed by atoms with van der Waals surface area (Å²) in [6, 6.07) is 0.320. The van der Waals surface area contributed by atoms with Crippen LogP contribution in [0.2, 0.25) is 0 Å². The van der Waals surface area contributed by atoms with Gasteiger partial charge >= 0.3 is 5.97 Å². The molecule has 1 aliphatic heterocycles. The van der Waals surface area contributed by atoms with Crippen molar-refractivity contribution in [3.8, 4) is 0 Å². The molecule has 2 unspecified atom stereocenters. The van der Waals surface area contributed by atoms with E-state index in [1.54, 1.807) is 6.20 Å². The quantitative estimate of drug-likeness (QED) is 0.846. The molecule has 92 valence electrons. The molecule has 0 amide bonds. The van der Waals surface area contributed by atoms with Gasteiger partial charge in [-0.15, -0.1) is 0 Å². The van der Waals surface area contributed by atoms with Crippen LogP contribution in [-0.4, -0.2) is 33.6 Å². The van der Waals surface area contributed by atoms with Gasteiger partial charge in [0.05, 0.1) is 0 Å². The zero-order valence-electron chi connectivity index (χ0n) is 10.1. The Morgan fingerprint density at radius 1 is 1.35 bits per heavy atom. The van der Waals surface area contributed by atoms with E-state index in [1.807, 2.05) is 0 Å². The Hall–Kier alpha value is -1.65. The van der Waals surface area contributed by atoms with Crippen molar-refractivity contribution in [1.29, 1.82) is 0 Å². The topological polar surface area (TPSA) is 66.3 Å². The first kappa shape index (κ1) is 11.8. The smallest absolute Gasteiger partial charge is 0.358 e. The van der Waals surface area contributed by atoms with Crippen LogP contribution in [0, 0.1) is 5.92 Å². The van der Waals surface area contributed by atoms with Gasteiger partial charge in [-0.25, -0.2) is 14.8 Å². The molecule has 0 aromatic carbocycles. The van der Waals surface area contributed by atoms with Gasteiger partial charge in [-0.3, -0.25) is 0 Å². The predicted octanol–water partition coefficient (Wildman–Crippen LogP) is 1.80. The molecule has 0 saturated carbocycles. The van der Waals surface area contributed by atoms with E-state index >= 15 is 0 Å². The number of nitrogens with zero attached hydrogens (tertiary/aromatic N) is 3. The average Bonchev–Trinajstić information content (AvgIpc) is 2.32. The molecule has 0 radical (unpaired) electrons. The van der Waals surface area contributed by atoms with Crippen molar-refractivity contribution in [2.45, 2.75) is 32.7 Å². The highest BCUT2D eigenvalue weighted by Crippen LogP contribution is 2.27.